The number of fused-ring (bicyclic) bond motifs is 2. The van der Waals surface area contributed by atoms with Gasteiger partial charge in [-0.25, -0.2) is 0 Å². The third-order valence-corrected chi connectivity index (χ3v) is 4.57. The fourth-order valence-electron chi connectivity index (χ4n) is 3.21. The van der Waals surface area contributed by atoms with Gasteiger partial charge in [-0.3, -0.25) is 4.79 Å². The molecule has 1 aromatic heterocycles. The average Bonchev–Trinajstić information content (AvgIpc) is 2.62. The van der Waals surface area contributed by atoms with Crippen LogP contribution in [0.4, 0.5) is 0 Å². The van der Waals surface area contributed by atoms with E-state index >= 15 is 0 Å². The van der Waals surface area contributed by atoms with Crippen molar-refractivity contribution >= 4 is 17.0 Å². The smallest absolute Gasteiger partial charge is 0.200 e. The number of aryl methyl sites for hydroxylation is 1. The topological polar surface area (TPSA) is 39.4 Å². The molecule has 0 fully saturated rings. The maximum absolute atomic E-state index is 13.0. The van der Waals surface area contributed by atoms with Gasteiger partial charge in [-0.1, -0.05) is 43.3 Å². The molecule has 1 aliphatic rings. The summed E-state index contributed by atoms with van der Waals surface area (Å²) < 4.78 is 11.8. The Morgan fingerprint density at radius 2 is 1.96 bits per heavy atom. The molecule has 2 heterocycles. The molecule has 3 nitrogen and oxygen atoms in total. The fourth-order valence-corrected chi connectivity index (χ4v) is 3.21. The molecule has 0 radical (unpaired) electrons. The summed E-state index contributed by atoms with van der Waals surface area (Å²) in [6.07, 6.45) is 6.62. The molecule has 0 saturated heterocycles. The van der Waals surface area contributed by atoms with Crippen LogP contribution in [0, 0.1) is 6.92 Å². The van der Waals surface area contributed by atoms with Gasteiger partial charge >= 0.3 is 0 Å². The third-order valence-electron chi connectivity index (χ3n) is 4.57. The largest absolute Gasteiger partial charge is 0.486 e. The first-order chi connectivity index (χ1) is 11.7. The first kappa shape index (κ1) is 14.8. The molecule has 0 bridgehead atoms. The van der Waals surface area contributed by atoms with Gasteiger partial charge in [0.15, 0.2) is 0 Å². The van der Waals surface area contributed by atoms with Crippen LogP contribution in [0.1, 0.15) is 24.5 Å². The Kier molecular flexibility index (Phi) is 3.49. The minimum atomic E-state index is -0.00577. The zero-order chi connectivity index (χ0) is 16.7. The highest BCUT2D eigenvalue weighted by molar-refractivity contribution is 5.90. The van der Waals surface area contributed by atoms with E-state index in [0.29, 0.717) is 16.5 Å². The molecule has 1 aliphatic heterocycles. The van der Waals surface area contributed by atoms with Gasteiger partial charge in [0.2, 0.25) is 5.43 Å². The second-order valence-electron chi connectivity index (χ2n) is 6.05. The van der Waals surface area contributed by atoms with Gasteiger partial charge in [-0.05, 0) is 30.5 Å². The van der Waals surface area contributed by atoms with Gasteiger partial charge < -0.3 is 9.15 Å². The van der Waals surface area contributed by atoms with Gasteiger partial charge in [-0.15, -0.1) is 0 Å². The van der Waals surface area contributed by atoms with Crippen LogP contribution >= 0.6 is 0 Å². The lowest BCUT2D eigenvalue weighted by molar-refractivity contribution is 0.241. The van der Waals surface area contributed by atoms with E-state index in [-0.39, 0.29) is 11.5 Å². The van der Waals surface area contributed by atoms with E-state index in [1.165, 1.54) is 0 Å². The monoisotopic (exact) mass is 318 g/mol. The summed E-state index contributed by atoms with van der Waals surface area (Å²) in [7, 11) is 0. The van der Waals surface area contributed by atoms with Crippen LogP contribution < -0.4 is 10.2 Å². The van der Waals surface area contributed by atoms with Crippen LogP contribution in [0.5, 0.6) is 5.75 Å². The Balaban J connectivity index is 1.97. The number of ether oxygens (including phenoxy) is 1. The lowest BCUT2D eigenvalue weighted by atomic mass is 9.97. The number of benzene rings is 2. The minimum absolute atomic E-state index is 0.00577. The first-order valence-electron chi connectivity index (χ1n) is 8.18. The van der Waals surface area contributed by atoms with Gasteiger partial charge in [0.25, 0.3) is 0 Å². The second-order valence-corrected chi connectivity index (χ2v) is 6.05. The van der Waals surface area contributed by atoms with Crippen molar-refractivity contribution in [2.24, 2.45) is 0 Å². The van der Waals surface area contributed by atoms with Crippen molar-refractivity contribution in [2.45, 2.75) is 26.4 Å². The number of rotatable bonds is 2. The summed E-state index contributed by atoms with van der Waals surface area (Å²) in [5.41, 5.74) is 3.88. The zero-order valence-electron chi connectivity index (χ0n) is 13.7. The molecule has 2 aromatic carbocycles. The minimum Gasteiger partial charge on any atom is -0.486 e. The van der Waals surface area contributed by atoms with E-state index < -0.39 is 0 Å². The van der Waals surface area contributed by atoms with Gasteiger partial charge in [0, 0.05) is 11.6 Å². The molecule has 3 heteroatoms. The zero-order valence-corrected chi connectivity index (χ0v) is 13.7. The van der Waals surface area contributed by atoms with Crippen molar-refractivity contribution in [1.82, 2.24) is 0 Å². The predicted molar refractivity (Wildman–Crippen MR) is 96.4 cm³/mol. The molecule has 3 aromatic rings. The van der Waals surface area contributed by atoms with E-state index in [1.54, 1.807) is 6.26 Å². The summed E-state index contributed by atoms with van der Waals surface area (Å²) in [6.45, 7) is 4.03. The average molecular weight is 318 g/mol. The Hall–Kier alpha value is -2.81. The summed E-state index contributed by atoms with van der Waals surface area (Å²) >= 11 is 0. The van der Waals surface area contributed by atoms with Gasteiger partial charge in [-0.2, -0.15) is 0 Å². The highest BCUT2D eigenvalue weighted by Gasteiger charge is 2.20. The normalized spacial score (nSPS) is 16.0. The Morgan fingerprint density at radius 1 is 1.17 bits per heavy atom. The van der Waals surface area contributed by atoms with Gasteiger partial charge in [0.1, 0.15) is 23.7 Å². The lowest BCUT2D eigenvalue weighted by Gasteiger charge is -2.22. The Morgan fingerprint density at radius 3 is 2.71 bits per heavy atom. The highest BCUT2D eigenvalue weighted by atomic mass is 16.5. The standard InChI is InChI=1S/C21H18O3/c1-3-15-9-10-16-13(2)20-19(11-18(16)24-15)23-12-17(21(20)22)14-7-5-4-6-8-14/h4-12,15H,3H2,1-2H3. The van der Waals surface area contributed by atoms with Crippen LogP contribution in [0.2, 0.25) is 0 Å². The van der Waals surface area contributed by atoms with Crippen LogP contribution in [0.15, 0.2) is 57.9 Å². The molecular formula is C21H18O3. The maximum atomic E-state index is 13.0. The lowest BCUT2D eigenvalue weighted by Crippen LogP contribution is -2.17. The number of hydrogen-bond donors (Lipinski definition) is 0. The molecule has 0 N–H and O–H groups in total. The highest BCUT2D eigenvalue weighted by Crippen LogP contribution is 2.35. The molecule has 120 valence electrons. The van der Waals surface area contributed by atoms with Crippen LogP contribution in [0.25, 0.3) is 28.2 Å². The van der Waals surface area contributed by atoms with Crippen molar-refractivity contribution in [2.75, 3.05) is 0 Å². The van der Waals surface area contributed by atoms with E-state index in [2.05, 4.69) is 13.0 Å². The molecule has 1 atom stereocenters. The Bertz CT molecular complexity index is 997. The van der Waals surface area contributed by atoms with Crippen molar-refractivity contribution in [3.8, 4) is 16.9 Å². The van der Waals surface area contributed by atoms with Crippen LogP contribution in [-0.2, 0) is 0 Å². The molecule has 0 spiro atoms. The third kappa shape index (κ3) is 2.24. The van der Waals surface area contributed by atoms with Crippen LogP contribution in [0.3, 0.4) is 0 Å². The first-order valence-corrected chi connectivity index (χ1v) is 8.18. The number of hydrogen-bond acceptors (Lipinski definition) is 3. The van der Waals surface area contributed by atoms with Crippen molar-refractivity contribution in [1.29, 1.82) is 0 Å². The van der Waals surface area contributed by atoms with Crippen molar-refractivity contribution < 1.29 is 9.15 Å². The van der Waals surface area contributed by atoms with Crippen molar-refractivity contribution in [3.63, 3.8) is 0 Å². The molecule has 1 unspecified atom stereocenters. The second kappa shape index (κ2) is 5.68. The Labute approximate surface area is 140 Å². The summed E-state index contributed by atoms with van der Waals surface area (Å²) in [5, 5.41) is 0.623. The van der Waals surface area contributed by atoms with Crippen LogP contribution in [-0.4, -0.2) is 6.10 Å². The van der Waals surface area contributed by atoms with Gasteiger partial charge in [0.05, 0.1) is 10.9 Å². The quantitative estimate of drug-likeness (QED) is 0.671. The summed E-state index contributed by atoms with van der Waals surface area (Å²) in [5.74, 6) is 0.782. The maximum Gasteiger partial charge on any atom is 0.200 e. The van der Waals surface area contributed by atoms with E-state index in [4.69, 9.17) is 9.15 Å². The van der Waals surface area contributed by atoms with E-state index in [0.717, 1.165) is 28.9 Å². The van der Waals surface area contributed by atoms with E-state index in [1.807, 2.05) is 49.4 Å². The van der Waals surface area contributed by atoms with E-state index in [9.17, 15) is 4.79 Å². The SMILES string of the molecule is CCC1C=Cc2c(cc3occ(-c4ccccc4)c(=O)c3c2C)O1. The molecule has 24 heavy (non-hydrogen) atoms. The van der Waals surface area contributed by atoms with Crippen molar-refractivity contribution in [3.05, 3.63) is 70.1 Å². The molecule has 4 rings (SSSR count). The molecule has 0 saturated carbocycles. The fraction of sp³-hybridized carbons (Fsp3) is 0.190. The summed E-state index contributed by atoms with van der Waals surface area (Å²) in [6, 6.07) is 11.4. The predicted octanol–water partition coefficient (Wildman–Crippen LogP) is 4.95. The molecular weight excluding hydrogens is 300 g/mol. The summed E-state index contributed by atoms with van der Waals surface area (Å²) in [4.78, 5) is 13.0. The molecule has 0 aliphatic carbocycles. The molecule has 0 amide bonds.